The van der Waals surface area contributed by atoms with Crippen molar-refractivity contribution in [3.8, 4) is 0 Å². The summed E-state index contributed by atoms with van der Waals surface area (Å²) >= 11 is -0.256. The SMILES string of the molecule is O=C(Nc1ccc(SC(F)(F)F)cc1)C(=O)N1CCC(c2ccnc3ccc(F)cc23)CC1. The van der Waals surface area contributed by atoms with Gasteiger partial charge in [0.2, 0.25) is 0 Å². The number of amides is 2. The first-order chi connectivity index (χ1) is 15.7. The van der Waals surface area contributed by atoms with Gasteiger partial charge in [-0.2, -0.15) is 13.2 Å². The summed E-state index contributed by atoms with van der Waals surface area (Å²) in [6, 6.07) is 11.4. The molecule has 1 aliphatic rings. The molecule has 1 fully saturated rings. The van der Waals surface area contributed by atoms with Gasteiger partial charge in [-0.3, -0.25) is 14.6 Å². The number of carbonyl (C=O) groups is 2. The highest BCUT2D eigenvalue weighted by Crippen LogP contribution is 2.37. The standard InChI is InChI=1S/C23H19F4N3O2S/c24-15-1-6-20-19(13-15)18(7-10-28-20)14-8-11-30(12-9-14)22(32)21(31)29-16-2-4-17(5-3-16)33-23(25,26)27/h1-7,10,13-14H,8-9,11-12H2,(H,29,31). The summed E-state index contributed by atoms with van der Waals surface area (Å²) in [6.07, 6.45) is 2.90. The molecule has 5 nitrogen and oxygen atoms in total. The second-order valence-electron chi connectivity index (χ2n) is 7.65. The van der Waals surface area contributed by atoms with Crippen LogP contribution in [-0.4, -0.2) is 40.3 Å². The quantitative estimate of drug-likeness (QED) is 0.315. The lowest BCUT2D eigenvalue weighted by atomic mass is 9.87. The number of nitrogens with one attached hydrogen (secondary N) is 1. The van der Waals surface area contributed by atoms with Gasteiger partial charge in [0.05, 0.1) is 5.52 Å². The molecule has 172 valence electrons. The van der Waals surface area contributed by atoms with E-state index in [-0.39, 0.29) is 34.1 Å². The maximum atomic E-state index is 13.7. The number of thioether (sulfide) groups is 1. The fourth-order valence-corrected chi connectivity index (χ4v) is 4.50. The van der Waals surface area contributed by atoms with Crippen molar-refractivity contribution in [2.45, 2.75) is 29.2 Å². The molecule has 1 aliphatic heterocycles. The predicted octanol–water partition coefficient (Wildman–Crippen LogP) is 5.33. The van der Waals surface area contributed by atoms with Gasteiger partial charge in [-0.15, -0.1) is 0 Å². The van der Waals surface area contributed by atoms with Gasteiger partial charge in [-0.1, -0.05) is 0 Å². The van der Waals surface area contributed by atoms with Crippen LogP contribution in [0.15, 0.2) is 59.6 Å². The van der Waals surface area contributed by atoms with Crippen LogP contribution >= 0.6 is 11.8 Å². The molecule has 2 heterocycles. The summed E-state index contributed by atoms with van der Waals surface area (Å²) < 4.78 is 51.0. The third-order valence-corrected chi connectivity index (χ3v) is 6.24. The minimum Gasteiger partial charge on any atom is -0.334 e. The Morgan fingerprint density at radius 2 is 1.73 bits per heavy atom. The summed E-state index contributed by atoms with van der Waals surface area (Å²) in [5.74, 6) is -1.79. The van der Waals surface area contributed by atoms with Crippen molar-refractivity contribution >= 4 is 40.2 Å². The van der Waals surface area contributed by atoms with Gasteiger partial charge in [0.1, 0.15) is 5.82 Å². The Morgan fingerprint density at radius 3 is 2.39 bits per heavy atom. The number of hydrogen-bond donors (Lipinski definition) is 1. The lowest BCUT2D eigenvalue weighted by molar-refractivity contribution is -0.143. The first-order valence-corrected chi connectivity index (χ1v) is 11.0. The Bertz CT molecular complexity index is 1180. The molecular formula is C23H19F4N3O2S. The number of halogens is 4. The number of likely N-dealkylation sites (tertiary alicyclic amines) is 1. The number of piperidine rings is 1. The van der Waals surface area contributed by atoms with Gasteiger partial charge >= 0.3 is 17.3 Å². The molecule has 10 heteroatoms. The number of benzene rings is 2. The van der Waals surface area contributed by atoms with Gasteiger partial charge in [0.15, 0.2) is 0 Å². The molecule has 1 aromatic heterocycles. The fraction of sp³-hybridized carbons (Fsp3) is 0.261. The molecule has 0 radical (unpaired) electrons. The Balaban J connectivity index is 1.36. The summed E-state index contributed by atoms with van der Waals surface area (Å²) in [5.41, 5.74) is -2.50. The Hall–Kier alpha value is -3.14. The average Bonchev–Trinajstić information content (AvgIpc) is 2.78. The van der Waals surface area contributed by atoms with Crippen molar-refractivity contribution in [1.82, 2.24) is 9.88 Å². The summed E-state index contributed by atoms with van der Waals surface area (Å²) in [4.78, 5) is 30.6. The van der Waals surface area contributed by atoms with E-state index < -0.39 is 17.3 Å². The van der Waals surface area contributed by atoms with Crippen LogP contribution < -0.4 is 5.32 Å². The molecule has 0 aliphatic carbocycles. The number of aromatic nitrogens is 1. The Morgan fingerprint density at radius 1 is 1.03 bits per heavy atom. The van der Waals surface area contributed by atoms with E-state index in [1.54, 1.807) is 12.3 Å². The molecule has 1 saturated heterocycles. The van der Waals surface area contributed by atoms with E-state index in [1.165, 1.54) is 41.3 Å². The van der Waals surface area contributed by atoms with Crippen molar-refractivity contribution < 1.29 is 27.2 Å². The van der Waals surface area contributed by atoms with Crippen molar-refractivity contribution in [3.05, 3.63) is 66.1 Å². The maximum absolute atomic E-state index is 13.7. The zero-order valence-corrected chi connectivity index (χ0v) is 18.0. The zero-order chi connectivity index (χ0) is 23.6. The number of pyridine rings is 1. The maximum Gasteiger partial charge on any atom is 0.446 e. The van der Waals surface area contributed by atoms with Crippen LogP contribution in [-0.2, 0) is 9.59 Å². The number of nitrogens with zero attached hydrogens (tertiary/aromatic N) is 2. The monoisotopic (exact) mass is 477 g/mol. The second-order valence-corrected chi connectivity index (χ2v) is 8.79. The minimum atomic E-state index is -4.40. The lowest BCUT2D eigenvalue weighted by Gasteiger charge is -2.32. The molecule has 3 aromatic rings. The van der Waals surface area contributed by atoms with E-state index in [1.807, 2.05) is 6.07 Å². The largest absolute Gasteiger partial charge is 0.446 e. The molecule has 2 amide bonds. The topological polar surface area (TPSA) is 62.3 Å². The number of hydrogen-bond acceptors (Lipinski definition) is 4. The smallest absolute Gasteiger partial charge is 0.334 e. The molecule has 1 N–H and O–H groups in total. The van der Waals surface area contributed by atoms with Crippen LogP contribution in [0.4, 0.5) is 23.2 Å². The second kappa shape index (κ2) is 9.38. The summed E-state index contributed by atoms with van der Waals surface area (Å²) in [5, 5.41) is 3.17. The molecule has 0 bridgehead atoms. The van der Waals surface area contributed by atoms with Gasteiger partial charge < -0.3 is 10.2 Å². The highest BCUT2D eigenvalue weighted by Gasteiger charge is 2.30. The molecule has 0 saturated carbocycles. The van der Waals surface area contributed by atoms with Gasteiger partial charge in [0.25, 0.3) is 0 Å². The van der Waals surface area contributed by atoms with Gasteiger partial charge in [-0.25, -0.2) is 4.39 Å². The van der Waals surface area contributed by atoms with Crippen LogP contribution in [0, 0.1) is 5.82 Å². The molecule has 0 spiro atoms. The molecule has 0 unspecified atom stereocenters. The number of anilines is 1. The van der Waals surface area contributed by atoms with E-state index in [0.29, 0.717) is 31.4 Å². The molecule has 2 aromatic carbocycles. The fourth-order valence-electron chi connectivity index (χ4n) is 3.96. The number of alkyl halides is 3. The molecular weight excluding hydrogens is 458 g/mol. The van der Waals surface area contributed by atoms with Crippen molar-refractivity contribution in [1.29, 1.82) is 0 Å². The number of rotatable bonds is 3. The Kier molecular flexibility index (Phi) is 6.55. The van der Waals surface area contributed by atoms with Crippen molar-refractivity contribution in [3.63, 3.8) is 0 Å². The van der Waals surface area contributed by atoms with Gasteiger partial charge in [0, 0.05) is 35.3 Å². The minimum absolute atomic E-state index is 0.0163. The average molecular weight is 477 g/mol. The van der Waals surface area contributed by atoms with Crippen molar-refractivity contribution in [2.75, 3.05) is 18.4 Å². The molecule has 4 rings (SSSR count). The van der Waals surface area contributed by atoms with Crippen LogP contribution in [0.2, 0.25) is 0 Å². The highest BCUT2D eigenvalue weighted by molar-refractivity contribution is 8.00. The third-order valence-electron chi connectivity index (χ3n) is 5.50. The van der Waals surface area contributed by atoms with Crippen LogP contribution in [0.5, 0.6) is 0 Å². The highest BCUT2D eigenvalue weighted by atomic mass is 32.2. The number of carbonyl (C=O) groups excluding carboxylic acids is 2. The summed E-state index contributed by atoms with van der Waals surface area (Å²) in [7, 11) is 0. The zero-order valence-electron chi connectivity index (χ0n) is 17.2. The van der Waals surface area contributed by atoms with E-state index in [9.17, 15) is 27.2 Å². The third kappa shape index (κ3) is 5.62. The Labute approximate surface area is 191 Å². The lowest BCUT2D eigenvalue weighted by Crippen LogP contribution is -2.43. The summed E-state index contributed by atoms with van der Waals surface area (Å²) in [6.45, 7) is 0.717. The van der Waals surface area contributed by atoms with Crippen LogP contribution in [0.3, 0.4) is 0 Å². The number of fused-ring (bicyclic) bond motifs is 1. The van der Waals surface area contributed by atoms with Crippen molar-refractivity contribution in [2.24, 2.45) is 0 Å². The first-order valence-electron chi connectivity index (χ1n) is 10.2. The molecule has 33 heavy (non-hydrogen) atoms. The van der Waals surface area contributed by atoms with E-state index >= 15 is 0 Å². The predicted molar refractivity (Wildman–Crippen MR) is 117 cm³/mol. The van der Waals surface area contributed by atoms with E-state index in [4.69, 9.17) is 0 Å². The normalized spacial score (nSPS) is 15.0. The van der Waals surface area contributed by atoms with E-state index in [2.05, 4.69) is 10.3 Å². The van der Waals surface area contributed by atoms with Crippen LogP contribution in [0.25, 0.3) is 10.9 Å². The van der Waals surface area contributed by atoms with Gasteiger partial charge in [-0.05, 0) is 84.6 Å². The van der Waals surface area contributed by atoms with Crippen LogP contribution in [0.1, 0.15) is 24.3 Å². The molecule has 0 atom stereocenters. The van der Waals surface area contributed by atoms with E-state index in [0.717, 1.165) is 10.9 Å². The first kappa shape index (κ1) is 23.0.